The number of ether oxygens (including phenoxy) is 1. The maximum atomic E-state index is 13.4. The number of benzene rings is 2. The monoisotopic (exact) mass is 395 g/mol. The van der Waals surface area contributed by atoms with Crippen LogP contribution in [0, 0.1) is 18.8 Å². The summed E-state index contributed by atoms with van der Waals surface area (Å²) in [5.74, 6) is -2.71. The number of hydrogen-bond donors (Lipinski definition) is 2. The number of anilines is 1. The molecule has 2 fully saturated rings. The van der Waals surface area contributed by atoms with Gasteiger partial charge < -0.3 is 15.2 Å². The van der Waals surface area contributed by atoms with Gasteiger partial charge in [-0.3, -0.25) is 9.59 Å². The predicted molar refractivity (Wildman–Crippen MR) is 104 cm³/mol. The first-order valence-electron chi connectivity index (χ1n) is 9.46. The van der Waals surface area contributed by atoms with Crippen LogP contribution in [0.4, 0.5) is 5.69 Å². The predicted octanol–water partition coefficient (Wildman–Crippen LogP) is 1.06. The minimum atomic E-state index is -1.23. The first-order valence-corrected chi connectivity index (χ1v) is 9.46. The molecule has 2 saturated heterocycles. The second-order valence-electron chi connectivity index (χ2n) is 7.91. The number of aryl methyl sites for hydroxylation is 1. The Labute approximate surface area is 168 Å². The number of fused-ring (bicyclic) bond motifs is 1. The van der Waals surface area contributed by atoms with Gasteiger partial charge in [-0.25, -0.2) is 9.69 Å². The first-order chi connectivity index (χ1) is 13.8. The average molecular weight is 395 g/mol. The summed E-state index contributed by atoms with van der Waals surface area (Å²) in [6, 6.07) is 13.2. The molecule has 2 aromatic rings. The summed E-state index contributed by atoms with van der Waals surface area (Å²) in [5, 5.41) is 11.4. The van der Waals surface area contributed by atoms with Crippen molar-refractivity contribution in [1.82, 2.24) is 0 Å². The van der Waals surface area contributed by atoms with Crippen molar-refractivity contribution in [2.45, 2.75) is 25.4 Å². The lowest BCUT2D eigenvalue weighted by Gasteiger charge is -2.25. The molecule has 4 rings (SSSR count). The number of carbonyl (C=O) groups is 3. The quantitative estimate of drug-likeness (QED) is 0.598. The zero-order valence-electron chi connectivity index (χ0n) is 16.5. The summed E-state index contributed by atoms with van der Waals surface area (Å²) < 4.78 is 5.00. The first kappa shape index (κ1) is 19.1. The Balaban J connectivity index is 1.81. The summed E-state index contributed by atoms with van der Waals surface area (Å²) in [6.45, 7) is 3.58. The number of phenols is 1. The molecule has 150 valence electrons. The number of phenolic OH excluding ortho intramolecular Hbond substituents is 1. The number of esters is 1. The zero-order chi connectivity index (χ0) is 20.9. The van der Waals surface area contributed by atoms with E-state index < -0.39 is 35.3 Å². The third-order valence-corrected chi connectivity index (χ3v) is 6.11. The van der Waals surface area contributed by atoms with E-state index in [1.807, 2.05) is 19.1 Å². The van der Waals surface area contributed by atoms with Gasteiger partial charge in [-0.15, -0.1) is 0 Å². The van der Waals surface area contributed by atoms with E-state index in [1.165, 1.54) is 24.1 Å². The van der Waals surface area contributed by atoms with E-state index in [1.54, 1.807) is 36.5 Å². The Kier molecular flexibility index (Phi) is 4.42. The van der Waals surface area contributed by atoms with E-state index in [0.717, 1.165) is 11.1 Å². The van der Waals surface area contributed by atoms with Crippen LogP contribution >= 0.6 is 0 Å². The van der Waals surface area contributed by atoms with Crippen molar-refractivity contribution in [3.05, 3.63) is 59.7 Å². The highest BCUT2D eigenvalue weighted by Crippen LogP contribution is 2.45. The Morgan fingerprint density at radius 3 is 2.28 bits per heavy atom. The number of nitrogens with two attached hydrogens (primary N) is 1. The molecule has 3 N–H and O–H groups in total. The summed E-state index contributed by atoms with van der Waals surface area (Å²) in [5.41, 5.74) is 1.05. The number of imide groups is 1. The van der Waals surface area contributed by atoms with Crippen molar-refractivity contribution in [1.29, 1.82) is 0 Å². The second kappa shape index (κ2) is 6.70. The van der Waals surface area contributed by atoms with E-state index in [2.05, 4.69) is 0 Å². The van der Waals surface area contributed by atoms with Crippen molar-refractivity contribution < 1.29 is 29.5 Å². The highest BCUT2D eigenvalue weighted by Gasteiger charge is 2.70. The molecule has 29 heavy (non-hydrogen) atoms. The summed E-state index contributed by atoms with van der Waals surface area (Å²) in [7, 11) is 1.28. The van der Waals surface area contributed by atoms with Crippen LogP contribution in [-0.4, -0.2) is 35.5 Å². The molecule has 0 bridgehead atoms. The average Bonchev–Trinajstić information content (AvgIpc) is 3.17. The standard InChI is InChI=1S/C22H22N2O5/c1-12-4-8-14(9-5-12)24-19(26)16-17(20(24)27)22(2,21(28)29-3)23-18(16)13-6-10-15(25)11-7-13/h4-11,16-18,23,25H,1-3H3/p+1/t16-,17+,18-,22-/m1/s1. The van der Waals surface area contributed by atoms with Gasteiger partial charge in [0.2, 0.25) is 17.4 Å². The highest BCUT2D eigenvalue weighted by atomic mass is 16.5. The molecule has 7 heteroatoms. The minimum Gasteiger partial charge on any atom is -0.508 e. The number of methoxy groups -OCH3 is 1. The summed E-state index contributed by atoms with van der Waals surface area (Å²) in [6.07, 6.45) is 0. The van der Waals surface area contributed by atoms with E-state index in [0.29, 0.717) is 5.69 Å². The van der Waals surface area contributed by atoms with Crippen LogP contribution in [0.2, 0.25) is 0 Å². The lowest BCUT2D eigenvalue weighted by Crippen LogP contribution is -2.97. The smallest absolute Gasteiger partial charge is 0.368 e. The topological polar surface area (TPSA) is 101 Å². The van der Waals surface area contributed by atoms with E-state index in [-0.39, 0.29) is 11.7 Å². The van der Waals surface area contributed by atoms with Gasteiger partial charge in [0, 0.05) is 12.5 Å². The van der Waals surface area contributed by atoms with Crippen LogP contribution in [0.1, 0.15) is 24.1 Å². The molecule has 2 amide bonds. The van der Waals surface area contributed by atoms with Crippen LogP contribution < -0.4 is 10.2 Å². The van der Waals surface area contributed by atoms with Gasteiger partial charge in [0.25, 0.3) is 0 Å². The summed E-state index contributed by atoms with van der Waals surface area (Å²) >= 11 is 0. The van der Waals surface area contributed by atoms with Crippen molar-refractivity contribution in [3.8, 4) is 5.75 Å². The largest absolute Gasteiger partial charge is 0.508 e. The fourth-order valence-electron chi connectivity index (χ4n) is 4.63. The van der Waals surface area contributed by atoms with Gasteiger partial charge in [0.05, 0.1) is 12.8 Å². The lowest BCUT2D eigenvalue weighted by molar-refractivity contribution is -0.730. The Bertz CT molecular complexity index is 985. The minimum absolute atomic E-state index is 0.106. The highest BCUT2D eigenvalue weighted by molar-refractivity contribution is 6.23. The molecule has 0 saturated carbocycles. The number of hydrogen-bond acceptors (Lipinski definition) is 5. The van der Waals surface area contributed by atoms with E-state index in [9.17, 15) is 19.5 Å². The van der Waals surface area contributed by atoms with Gasteiger partial charge in [0.15, 0.2) is 0 Å². The van der Waals surface area contributed by atoms with Gasteiger partial charge in [-0.05, 0) is 43.3 Å². The number of amides is 2. The van der Waals surface area contributed by atoms with Crippen LogP contribution in [-0.2, 0) is 19.1 Å². The molecule has 4 atom stereocenters. The molecule has 0 spiro atoms. The summed E-state index contributed by atoms with van der Waals surface area (Å²) in [4.78, 5) is 40.7. The van der Waals surface area contributed by atoms with Gasteiger partial charge in [0.1, 0.15) is 23.6 Å². The zero-order valence-corrected chi connectivity index (χ0v) is 16.5. The van der Waals surface area contributed by atoms with Crippen LogP contribution in [0.15, 0.2) is 48.5 Å². The third-order valence-electron chi connectivity index (χ3n) is 6.11. The molecule has 0 aromatic heterocycles. The fourth-order valence-corrected chi connectivity index (χ4v) is 4.63. The molecule has 2 aliphatic rings. The maximum absolute atomic E-state index is 13.4. The van der Waals surface area contributed by atoms with Crippen LogP contribution in [0.3, 0.4) is 0 Å². The molecule has 7 nitrogen and oxygen atoms in total. The van der Waals surface area contributed by atoms with Crippen molar-refractivity contribution >= 4 is 23.5 Å². The molecule has 2 aromatic carbocycles. The Morgan fingerprint density at radius 2 is 1.69 bits per heavy atom. The lowest BCUT2D eigenvalue weighted by atomic mass is 9.80. The second-order valence-corrected chi connectivity index (χ2v) is 7.91. The number of aromatic hydroxyl groups is 1. The van der Waals surface area contributed by atoms with Gasteiger partial charge in [-0.1, -0.05) is 17.7 Å². The van der Waals surface area contributed by atoms with Crippen LogP contribution in [0.5, 0.6) is 5.75 Å². The van der Waals surface area contributed by atoms with Crippen molar-refractivity contribution in [2.75, 3.05) is 12.0 Å². The van der Waals surface area contributed by atoms with E-state index >= 15 is 0 Å². The molecule has 2 heterocycles. The van der Waals surface area contributed by atoms with E-state index in [4.69, 9.17) is 4.74 Å². The molecular weight excluding hydrogens is 372 g/mol. The number of carbonyl (C=O) groups excluding carboxylic acids is 3. The third kappa shape index (κ3) is 2.81. The number of rotatable bonds is 3. The van der Waals surface area contributed by atoms with Gasteiger partial charge in [-0.2, -0.15) is 0 Å². The number of quaternary nitrogens is 1. The fraction of sp³-hybridized carbons (Fsp3) is 0.318. The van der Waals surface area contributed by atoms with Crippen molar-refractivity contribution in [3.63, 3.8) is 0 Å². The van der Waals surface area contributed by atoms with Crippen LogP contribution in [0.25, 0.3) is 0 Å². The molecule has 0 radical (unpaired) electrons. The normalized spacial score (nSPS) is 28.5. The molecule has 2 aliphatic heterocycles. The van der Waals surface area contributed by atoms with Gasteiger partial charge >= 0.3 is 5.97 Å². The Hall–Kier alpha value is -3.19. The Morgan fingerprint density at radius 1 is 1.07 bits per heavy atom. The van der Waals surface area contributed by atoms with Crippen molar-refractivity contribution in [2.24, 2.45) is 11.8 Å². The molecular formula is C22H23N2O5+. The molecule has 0 unspecified atom stereocenters. The maximum Gasteiger partial charge on any atom is 0.368 e. The molecule has 0 aliphatic carbocycles. The SMILES string of the molecule is COC(=O)[C@]1(C)[NH2+][C@H](c2ccc(O)cc2)[C@@H]2C(=O)N(c3ccc(C)cc3)C(=O)[C@H]21. The number of nitrogens with zero attached hydrogens (tertiary/aromatic N) is 1.